The summed E-state index contributed by atoms with van der Waals surface area (Å²) in [6.45, 7) is 7.80. The summed E-state index contributed by atoms with van der Waals surface area (Å²) in [4.78, 5) is 4.96. The second-order valence-corrected chi connectivity index (χ2v) is 6.86. The summed E-state index contributed by atoms with van der Waals surface area (Å²) in [7, 11) is 0. The molecule has 1 aromatic rings. The zero-order valence-corrected chi connectivity index (χ0v) is 11.6. The quantitative estimate of drug-likeness (QED) is 0.488. The van der Waals surface area contributed by atoms with Crippen molar-refractivity contribution < 1.29 is 23.6 Å². The normalized spacial score (nSPS) is 39.8. The maximum atomic E-state index is 14.0. The minimum atomic E-state index is -0.152. The molecule has 4 heterocycles. The van der Waals surface area contributed by atoms with Crippen LogP contribution < -0.4 is 14.7 Å². The Morgan fingerprint density at radius 2 is 1.63 bits per heavy atom. The van der Waals surface area contributed by atoms with Crippen LogP contribution in [0.4, 0.5) is 4.39 Å². The lowest BCUT2D eigenvalue weighted by Crippen LogP contribution is -3.57. The maximum Gasteiger partial charge on any atom is 0.223 e. The second kappa shape index (κ2) is 4.14. The lowest BCUT2D eigenvalue weighted by Gasteiger charge is -2.52. The standard InChI is InChI=1S/C13H17ClFN4/c14-12-2-1-3-13(15)11(12)4-19-8-16-5-17(9-19)7-18(6-16)10-19/h1-3H,4-10H2/q+1/p+3. The number of hydrogen-bond donors (Lipinski definition) is 3. The molecule has 3 N–H and O–H groups in total. The molecule has 0 saturated carbocycles. The van der Waals surface area contributed by atoms with E-state index in [1.165, 1.54) is 26.1 Å². The predicted octanol–water partition coefficient (Wildman–Crippen LogP) is -2.76. The first kappa shape index (κ1) is 12.1. The van der Waals surface area contributed by atoms with Gasteiger partial charge in [0.25, 0.3) is 0 Å². The molecule has 4 aliphatic heterocycles. The van der Waals surface area contributed by atoms with Crippen LogP contribution in [0.3, 0.4) is 0 Å². The van der Waals surface area contributed by atoms with Gasteiger partial charge in [-0.3, -0.25) is 0 Å². The monoisotopic (exact) mass is 286 g/mol. The van der Waals surface area contributed by atoms with Gasteiger partial charge in [-0.1, -0.05) is 17.7 Å². The molecule has 6 heteroatoms. The number of nitrogens with zero attached hydrogens (tertiary/aromatic N) is 1. The molecule has 4 saturated heterocycles. The van der Waals surface area contributed by atoms with E-state index in [-0.39, 0.29) is 5.82 Å². The molecule has 19 heavy (non-hydrogen) atoms. The van der Waals surface area contributed by atoms with Crippen molar-refractivity contribution >= 4 is 11.6 Å². The third-order valence-electron chi connectivity index (χ3n) is 4.73. The summed E-state index contributed by atoms with van der Waals surface area (Å²) < 4.78 is 15.0. The van der Waals surface area contributed by atoms with Gasteiger partial charge in [-0.15, -0.1) is 0 Å². The summed E-state index contributed by atoms with van der Waals surface area (Å²) in [6, 6.07) is 5.02. The van der Waals surface area contributed by atoms with Gasteiger partial charge in [0.2, 0.25) is 40.0 Å². The minimum Gasteiger partial charge on any atom is -0.206 e. The van der Waals surface area contributed by atoms with Crippen molar-refractivity contribution in [1.82, 2.24) is 0 Å². The summed E-state index contributed by atoms with van der Waals surface area (Å²) in [6.07, 6.45) is 0. The summed E-state index contributed by atoms with van der Waals surface area (Å²) >= 11 is 6.20. The highest BCUT2D eigenvalue weighted by atomic mass is 35.5. The molecule has 0 spiro atoms. The van der Waals surface area contributed by atoms with Gasteiger partial charge in [0, 0.05) is 0 Å². The molecule has 4 aliphatic rings. The van der Waals surface area contributed by atoms with Gasteiger partial charge in [0.1, 0.15) is 12.4 Å². The number of quaternary nitrogens is 4. The fourth-order valence-electron chi connectivity index (χ4n) is 4.36. The molecule has 102 valence electrons. The fourth-order valence-corrected chi connectivity index (χ4v) is 4.58. The smallest absolute Gasteiger partial charge is 0.206 e. The molecule has 4 nitrogen and oxygen atoms in total. The van der Waals surface area contributed by atoms with E-state index in [0.29, 0.717) is 10.6 Å². The lowest BCUT2D eigenvalue weighted by atomic mass is 10.1. The van der Waals surface area contributed by atoms with Crippen LogP contribution in [-0.2, 0) is 6.54 Å². The highest BCUT2D eigenvalue weighted by Gasteiger charge is 2.56. The molecule has 4 bridgehead atoms. The Morgan fingerprint density at radius 3 is 2.16 bits per heavy atom. The molecule has 5 rings (SSSR count). The number of rotatable bonds is 2. The van der Waals surface area contributed by atoms with Gasteiger partial charge < -0.3 is 0 Å². The van der Waals surface area contributed by atoms with E-state index in [2.05, 4.69) is 0 Å². The average molecular weight is 287 g/mol. The van der Waals surface area contributed by atoms with Crippen molar-refractivity contribution in [3.63, 3.8) is 0 Å². The first-order chi connectivity index (χ1) is 9.13. The van der Waals surface area contributed by atoms with Gasteiger partial charge in [-0.05, 0) is 12.1 Å². The molecule has 1 aromatic carbocycles. The van der Waals surface area contributed by atoms with Crippen molar-refractivity contribution in [3.05, 3.63) is 34.6 Å². The molecule has 0 radical (unpaired) electrons. The van der Waals surface area contributed by atoms with E-state index in [4.69, 9.17) is 11.6 Å². The fraction of sp³-hybridized carbons (Fsp3) is 0.538. The Kier molecular flexibility index (Phi) is 2.62. The van der Waals surface area contributed by atoms with Crippen molar-refractivity contribution in [2.75, 3.05) is 40.0 Å². The van der Waals surface area contributed by atoms with Crippen LogP contribution in [0.2, 0.25) is 5.02 Å². The Morgan fingerprint density at radius 1 is 1.05 bits per heavy atom. The third kappa shape index (κ3) is 1.97. The largest absolute Gasteiger partial charge is 0.223 e. The van der Waals surface area contributed by atoms with Crippen molar-refractivity contribution in [1.29, 1.82) is 0 Å². The predicted molar refractivity (Wildman–Crippen MR) is 67.5 cm³/mol. The van der Waals surface area contributed by atoms with Gasteiger partial charge in [0.05, 0.1) is 10.6 Å². The van der Waals surface area contributed by atoms with Crippen LogP contribution in [0.1, 0.15) is 5.56 Å². The molecule has 0 unspecified atom stereocenters. The first-order valence-electron chi connectivity index (χ1n) is 6.92. The number of benzene rings is 1. The Hall–Kier alpha value is -0.720. The van der Waals surface area contributed by atoms with E-state index < -0.39 is 0 Å². The SMILES string of the molecule is Fc1cccc(Cl)c1C[N+]12C[NH+]3C[NH+](C[NH+](C3)C1)C2. The lowest BCUT2D eigenvalue weighted by molar-refractivity contribution is -1.43. The zero-order chi connectivity index (χ0) is 13.0. The molecule has 0 atom stereocenters. The molecule has 0 amide bonds. The van der Waals surface area contributed by atoms with Crippen LogP contribution >= 0.6 is 11.6 Å². The topological polar surface area (TPSA) is 13.3 Å². The van der Waals surface area contributed by atoms with E-state index in [1.807, 2.05) is 0 Å². The van der Waals surface area contributed by atoms with E-state index in [0.717, 1.165) is 31.0 Å². The van der Waals surface area contributed by atoms with Gasteiger partial charge in [-0.25, -0.2) is 4.39 Å². The van der Waals surface area contributed by atoms with Crippen LogP contribution in [0, 0.1) is 5.82 Å². The minimum absolute atomic E-state index is 0.152. The number of hydrogen-bond acceptors (Lipinski definition) is 0. The summed E-state index contributed by atoms with van der Waals surface area (Å²) in [5.41, 5.74) is 0.702. The summed E-state index contributed by atoms with van der Waals surface area (Å²) in [5, 5.41) is 0.578. The number of nitrogens with one attached hydrogen (secondary N) is 3. The Balaban J connectivity index is 1.66. The van der Waals surface area contributed by atoms with Crippen LogP contribution in [0.25, 0.3) is 0 Å². The Bertz CT molecular complexity index is 466. The van der Waals surface area contributed by atoms with Gasteiger partial charge >= 0.3 is 0 Å². The second-order valence-electron chi connectivity index (χ2n) is 6.45. The highest BCUT2D eigenvalue weighted by molar-refractivity contribution is 6.31. The average Bonchev–Trinajstić information content (AvgIpc) is 2.32. The van der Waals surface area contributed by atoms with Crippen molar-refractivity contribution in [2.24, 2.45) is 0 Å². The zero-order valence-electron chi connectivity index (χ0n) is 10.9. The summed E-state index contributed by atoms with van der Waals surface area (Å²) in [5.74, 6) is -0.152. The molecular weight excluding hydrogens is 267 g/mol. The van der Waals surface area contributed by atoms with Crippen LogP contribution in [0.5, 0.6) is 0 Å². The van der Waals surface area contributed by atoms with Gasteiger partial charge in [0.15, 0.2) is 0 Å². The van der Waals surface area contributed by atoms with E-state index in [1.54, 1.807) is 26.8 Å². The van der Waals surface area contributed by atoms with Crippen LogP contribution in [0.15, 0.2) is 18.2 Å². The van der Waals surface area contributed by atoms with Crippen LogP contribution in [-0.4, -0.2) is 44.5 Å². The third-order valence-corrected chi connectivity index (χ3v) is 5.09. The molecule has 0 aliphatic carbocycles. The van der Waals surface area contributed by atoms with E-state index in [9.17, 15) is 4.39 Å². The van der Waals surface area contributed by atoms with Crippen molar-refractivity contribution in [2.45, 2.75) is 6.54 Å². The molecule has 4 fully saturated rings. The first-order valence-corrected chi connectivity index (χ1v) is 7.30. The highest BCUT2D eigenvalue weighted by Crippen LogP contribution is 2.23. The van der Waals surface area contributed by atoms with Crippen molar-refractivity contribution in [3.8, 4) is 0 Å². The van der Waals surface area contributed by atoms with E-state index >= 15 is 0 Å². The maximum absolute atomic E-state index is 14.0. The molecular formula is C13H20ClFN4+4. The Labute approximate surface area is 117 Å². The molecule has 0 aromatic heterocycles. The van der Waals surface area contributed by atoms with Gasteiger partial charge in [-0.2, -0.15) is 19.2 Å². The number of halogens is 2.